The maximum absolute atomic E-state index is 7.23. The number of rotatable bonds is 16. The van der Waals surface area contributed by atoms with Gasteiger partial charge in [-0.05, 0) is 105 Å². The number of hydrogen-bond donors (Lipinski definition) is 0. The molecule has 296 valence electrons. The van der Waals surface area contributed by atoms with Gasteiger partial charge in [0, 0.05) is 0 Å². The molecule has 0 spiro atoms. The fourth-order valence-corrected chi connectivity index (χ4v) is 67.5. The van der Waals surface area contributed by atoms with Gasteiger partial charge in [0.1, 0.15) is 0 Å². The summed E-state index contributed by atoms with van der Waals surface area (Å²) in [5, 5.41) is 0. The van der Waals surface area contributed by atoms with E-state index in [1.54, 1.807) is 0 Å². The Morgan fingerprint density at radius 1 is 0.250 bits per heavy atom. The molecule has 8 radical (unpaired) electrons. The molecule has 4 atom stereocenters. The lowest BCUT2D eigenvalue weighted by Gasteiger charge is -2.59. The van der Waals surface area contributed by atoms with E-state index in [9.17, 15) is 0 Å². The van der Waals surface area contributed by atoms with Crippen molar-refractivity contribution in [2.45, 2.75) is 110 Å². The smallest absolute Gasteiger partial charge is 0.416 e. The Morgan fingerprint density at radius 2 is 0.404 bits per heavy atom. The van der Waals surface area contributed by atoms with Crippen LogP contribution in [-0.2, 0) is 78.2 Å². The lowest BCUT2D eigenvalue weighted by atomic mass is 11.9. The van der Waals surface area contributed by atoms with Crippen LogP contribution in [0.15, 0.2) is 0 Å². The van der Waals surface area contributed by atoms with Crippen LogP contribution in [0, 0.1) is 0 Å². The monoisotopic (exact) mass is 1010 g/mol. The van der Waals surface area contributed by atoms with Crippen molar-refractivity contribution < 1.29 is 78.2 Å². The zero-order valence-electron chi connectivity index (χ0n) is 32.5. The highest BCUT2D eigenvalue weighted by atomic mass is 28.7. The zero-order chi connectivity index (χ0) is 38.8. The third-order valence-electron chi connectivity index (χ3n) is 6.00. The molecule has 6 fully saturated rings. The van der Waals surface area contributed by atoms with E-state index in [4.69, 9.17) is 78.2 Å². The van der Waals surface area contributed by atoms with Crippen molar-refractivity contribution >= 4 is 144 Å². The van der Waals surface area contributed by atoms with Crippen LogP contribution in [0.1, 0.15) is 0 Å². The van der Waals surface area contributed by atoms with Crippen LogP contribution in [0.3, 0.4) is 0 Å². The average Bonchev–Trinajstić information content (AvgIpc) is 2.79. The Balaban J connectivity index is 1.97. The maximum atomic E-state index is 7.23. The maximum Gasteiger partial charge on any atom is 0.651 e. The minimum absolute atomic E-state index is 0.140. The van der Waals surface area contributed by atoms with E-state index in [-0.39, 0.29) is 5.67 Å². The van der Waals surface area contributed by atoms with Crippen molar-refractivity contribution in [3.63, 3.8) is 0 Å². The van der Waals surface area contributed by atoms with E-state index >= 15 is 0 Å². The van der Waals surface area contributed by atoms with Gasteiger partial charge in [-0.2, -0.15) is 0 Å². The molecule has 0 aromatic carbocycles. The number of hydrogen-bond acceptors (Lipinski definition) is 19. The van der Waals surface area contributed by atoms with Crippen LogP contribution < -0.4 is 0 Å². The molecular formula is C17H50O19Si16. The lowest BCUT2D eigenvalue weighted by molar-refractivity contribution is -0.0992. The van der Waals surface area contributed by atoms with Crippen molar-refractivity contribution in [1.29, 1.82) is 0 Å². The van der Waals surface area contributed by atoms with Crippen molar-refractivity contribution in [2.75, 3.05) is 0 Å². The van der Waals surface area contributed by atoms with Gasteiger partial charge in [0.2, 0.25) is 0 Å². The third-order valence-corrected chi connectivity index (χ3v) is 54.0. The van der Waals surface area contributed by atoms with E-state index in [2.05, 4.69) is 0 Å². The molecule has 8 bridgehead atoms. The quantitative estimate of drug-likeness (QED) is 0.206. The molecule has 35 heteroatoms. The largest absolute Gasteiger partial charge is 0.651 e. The normalized spacial score (nSPS) is 42.0. The van der Waals surface area contributed by atoms with Gasteiger partial charge in [0.25, 0.3) is 0 Å². The molecule has 6 heterocycles. The second kappa shape index (κ2) is 16.6. The average molecular weight is 1010 g/mol. The molecular weight excluding hydrogens is 958 g/mol. The summed E-state index contributed by atoms with van der Waals surface area (Å²) >= 11 is 0. The molecule has 4 unspecified atom stereocenters. The van der Waals surface area contributed by atoms with Gasteiger partial charge in [-0.3, -0.25) is 0 Å². The molecule has 0 saturated carbocycles. The molecule has 6 saturated heterocycles. The van der Waals surface area contributed by atoms with Gasteiger partial charge < -0.3 is 78.2 Å². The highest BCUT2D eigenvalue weighted by Crippen LogP contribution is 2.52. The van der Waals surface area contributed by atoms with E-state index in [1.807, 2.05) is 105 Å². The van der Waals surface area contributed by atoms with Gasteiger partial charge in [-0.1, -0.05) is 0 Å². The SMILES string of the molecule is C[Si](C)O[Si]12C[Si]3(O[Si](C)C)O[Si]4(O[Si](C)C)O[Si](O[Si](C)C)(O1)O[Si]1(O[Si](C)C)O[Si](O[Si](C)C)(O2)O[Si](O[Si](C)C)(O3)O[Si](O[Si](C)C)(O4)O1. The first kappa shape index (κ1) is 45.8. The highest BCUT2D eigenvalue weighted by molar-refractivity contribution is 7.04. The Bertz CT molecular complexity index is 907. The summed E-state index contributed by atoms with van der Waals surface area (Å²) in [6, 6.07) is 0. The van der Waals surface area contributed by atoms with Crippen LogP contribution in [0.4, 0.5) is 0 Å². The van der Waals surface area contributed by atoms with E-state index in [0.717, 1.165) is 0 Å². The summed E-state index contributed by atoms with van der Waals surface area (Å²) in [6.07, 6.45) is 0. The predicted molar refractivity (Wildman–Crippen MR) is 211 cm³/mol. The van der Waals surface area contributed by atoms with Crippen molar-refractivity contribution in [1.82, 2.24) is 0 Å². The summed E-state index contributed by atoms with van der Waals surface area (Å²) in [6.45, 7) is 30.8. The molecule has 0 aliphatic carbocycles. The highest BCUT2D eigenvalue weighted by Gasteiger charge is 2.90. The summed E-state index contributed by atoms with van der Waals surface area (Å²) in [5.74, 6) is 0. The summed E-state index contributed by atoms with van der Waals surface area (Å²) < 4.78 is 133. The first-order valence-corrected chi connectivity index (χ1v) is 49.4. The minimum atomic E-state index is -4.74. The molecule has 6 aliphatic heterocycles. The molecule has 52 heavy (non-hydrogen) atoms. The molecule has 0 aromatic heterocycles. The minimum Gasteiger partial charge on any atom is -0.416 e. The molecule has 6 aliphatic rings. The third kappa shape index (κ3) is 10.7. The van der Waals surface area contributed by atoms with Crippen LogP contribution in [-0.4, -0.2) is 144 Å². The standard InChI is InChI=1S/C17H50O19Si16/c1-37(2)18-45-17-46(19-38(3)4)28-49(22-41(9)10)30-47(26-45,20-39(5)6)32-51(24-43(13)14)33-48(27-45,21-40(7)8)31-50(29-46,23-42(11)12)35-52(34-49,36-51)25-44(15)16/h17H2,1-16H3. The van der Waals surface area contributed by atoms with E-state index in [0.29, 0.717) is 0 Å². The Kier molecular flexibility index (Phi) is 14.6. The molecule has 19 nitrogen and oxygen atoms in total. The Morgan fingerprint density at radius 3 is 0.558 bits per heavy atom. The Hall–Kier alpha value is 2.71. The molecule has 6 rings (SSSR count). The van der Waals surface area contributed by atoms with E-state index < -0.39 is 144 Å². The van der Waals surface area contributed by atoms with Gasteiger partial charge in [0.05, 0.1) is 5.67 Å². The topological polar surface area (TPSA) is 175 Å². The second-order valence-electron chi connectivity index (χ2n) is 13.7. The fourth-order valence-electron chi connectivity index (χ4n) is 5.31. The lowest BCUT2D eigenvalue weighted by Crippen LogP contribution is -2.91. The second-order valence-corrected chi connectivity index (χ2v) is 53.9. The fraction of sp³-hybridized carbons (Fsp3) is 1.00. The summed E-state index contributed by atoms with van der Waals surface area (Å²) in [5.41, 5.74) is -0.140. The van der Waals surface area contributed by atoms with Crippen molar-refractivity contribution in [3.05, 3.63) is 0 Å². The van der Waals surface area contributed by atoms with Crippen molar-refractivity contribution in [2.24, 2.45) is 0 Å². The molecule has 0 N–H and O–H groups in total. The predicted octanol–water partition coefficient (Wildman–Crippen LogP) is 2.41. The molecule has 0 amide bonds. The first-order valence-electron chi connectivity index (χ1n) is 16.5. The van der Waals surface area contributed by atoms with Crippen LogP contribution in [0.2, 0.25) is 110 Å². The Labute approximate surface area is 330 Å². The van der Waals surface area contributed by atoms with E-state index in [1.165, 1.54) is 0 Å². The van der Waals surface area contributed by atoms with Crippen LogP contribution in [0.25, 0.3) is 0 Å². The molecule has 0 aromatic rings. The van der Waals surface area contributed by atoms with Gasteiger partial charge in [-0.25, -0.2) is 0 Å². The van der Waals surface area contributed by atoms with Crippen LogP contribution >= 0.6 is 0 Å². The van der Waals surface area contributed by atoms with Gasteiger partial charge in [0.15, 0.2) is 72.3 Å². The van der Waals surface area contributed by atoms with Crippen molar-refractivity contribution in [3.8, 4) is 0 Å². The zero-order valence-corrected chi connectivity index (χ0v) is 48.5. The van der Waals surface area contributed by atoms with Crippen LogP contribution in [0.5, 0.6) is 0 Å². The summed E-state index contributed by atoms with van der Waals surface area (Å²) in [4.78, 5) is 0. The summed E-state index contributed by atoms with van der Waals surface area (Å²) in [7, 11) is -50.3. The van der Waals surface area contributed by atoms with Gasteiger partial charge >= 0.3 is 71.9 Å². The van der Waals surface area contributed by atoms with Gasteiger partial charge in [-0.15, -0.1) is 0 Å². The first-order chi connectivity index (χ1) is 23.8.